The summed E-state index contributed by atoms with van der Waals surface area (Å²) < 4.78 is 22.2. The summed E-state index contributed by atoms with van der Waals surface area (Å²) in [5.41, 5.74) is 5.45. The number of aromatic nitrogens is 4. The number of hydrogen-bond acceptors (Lipinski definition) is 13. The molecule has 0 aliphatic heterocycles. The minimum atomic E-state index is -0.725. The summed E-state index contributed by atoms with van der Waals surface area (Å²) in [6.07, 6.45) is -0.429. The van der Waals surface area contributed by atoms with E-state index in [1.54, 1.807) is 62.4 Å². The molecule has 0 aliphatic carbocycles. The monoisotopic (exact) mass is 928 g/mol. The summed E-state index contributed by atoms with van der Waals surface area (Å²) in [4.78, 5) is 38.7. The molecule has 6 aromatic rings. The van der Waals surface area contributed by atoms with Gasteiger partial charge in [-0.1, -0.05) is 47.5 Å². The summed E-state index contributed by atoms with van der Waals surface area (Å²) in [6.45, 7) is 25.4. The Morgan fingerprint density at radius 1 is 0.688 bits per heavy atom. The smallest absolute Gasteiger partial charge is 0.308 e. The maximum absolute atomic E-state index is 11.6. The molecular weight excluding hydrogens is 887 g/mol. The quantitative estimate of drug-likeness (QED) is 0.0509. The number of aliphatic hydroxyl groups excluding tert-OH is 1. The summed E-state index contributed by atoms with van der Waals surface area (Å²) in [5, 5.41) is 36.6. The van der Waals surface area contributed by atoms with Crippen molar-refractivity contribution in [2.24, 2.45) is 0 Å². The lowest BCUT2D eigenvalue weighted by molar-refractivity contribution is -0.146. The molecule has 18 heteroatoms. The van der Waals surface area contributed by atoms with Crippen molar-refractivity contribution in [2.75, 3.05) is 0 Å². The topological polar surface area (TPSA) is 197 Å². The number of phenols is 1. The first-order chi connectivity index (χ1) is 30.3. The molecule has 2 heterocycles. The van der Waals surface area contributed by atoms with Gasteiger partial charge in [0.25, 0.3) is 0 Å². The van der Waals surface area contributed by atoms with Crippen molar-refractivity contribution in [1.29, 1.82) is 0 Å². The van der Waals surface area contributed by atoms with E-state index >= 15 is 0 Å². The van der Waals surface area contributed by atoms with E-state index in [1.807, 2.05) is 26.0 Å². The Bertz CT molecular complexity index is 2670. The lowest BCUT2D eigenvalue weighted by Gasteiger charge is -2.22. The first-order valence-electron chi connectivity index (χ1n) is 19.4. The molecule has 2 aromatic heterocycles. The highest BCUT2D eigenvalue weighted by Gasteiger charge is 2.30. The van der Waals surface area contributed by atoms with Crippen LogP contribution in [0.3, 0.4) is 0 Å². The van der Waals surface area contributed by atoms with Crippen LogP contribution >= 0.6 is 34.8 Å². The van der Waals surface area contributed by atoms with Crippen LogP contribution in [0.1, 0.15) is 80.5 Å². The molecule has 332 valence electrons. The van der Waals surface area contributed by atoms with Crippen molar-refractivity contribution in [3.8, 4) is 34.4 Å². The number of carbonyl (C=O) groups excluding carboxylic acids is 3. The zero-order chi connectivity index (χ0) is 47.2. The Morgan fingerprint density at radius 3 is 1.52 bits per heavy atom. The van der Waals surface area contributed by atoms with Gasteiger partial charge in [-0.3, -0.25) is 14.4 Å². The number of aromatic hydroxyl groups is 1. The molecule has 4 aromatic carbocycles. The van der Waals surface area contributed by atoms with Gasteiger partial charge < -0.3 is 28.5 Å². The molecule has 15 nitrogen and oxygen atoms in total. The van der Waals surface area contributed by atoms with Crippen LogP contribution in [0.2, 0.25) is 10.0 Å². The third kappa shape index (κ3) is 13.7. The fourth-order valence-corrected chi connectivity index (χ4v) is 6.66. The maximum atomic E-state index is 11.6. The van der Waals surface area contributed by atoms with Crippen molar-refractivity contribution < 1.29 is 42.9 Å². The van der Waals surface area contributed by atoms with Crippen LogP contribution in [0.25, 0.3) is 32.6 Å². The first kappa shape index (κ1) is 50.0. The number of nitrogens with zero attached hydrogens (tertiary/aromatic N) is 6. The molecule has 0 amide bonds. The standard InChI is InChI=1S/C24H22ClN3O5.C20H18ClN3O3.C2H3ClO/c1-13-18(8-11-21(26-5)22(13)25)12-20(14(2)31-15(3)29)24-28-27-23(33-24)17-6-9-19(10-7-17)32-16(4)30;1-11-14(6-9-17(22-3)18(11)21)10-16(12(2)25)20-24-23-19(27-20)13-4-7-15(26)8-5-13;1-2(3)4/h6-11,14,20H,12H2,1-4H3;4-9,12,16,25-26H,10H2,1-2H3;1H3/t14-,20+;12-,16+;/m00./s1. The van der Waals surface area contributed by atoms with Crippen molar-refractivity contribution in [3.63, 3.8) is 0 Å². The van der Waals surface area contributed by atoms with Crippen molar-refractivity contribution in [2.45, 2.75) is 85.4 Å². The second-order valence-electron chi connectivity index (χ2n) is 14.3. The van der Waals surface area contributed by atoms with Gasteiger partial charge in [-0.05, 0) is 123 Å². The van der Waals surface area contributed by atoms with Crippen molar-refractivity contribution in [3.05, 3.63) is 140 Å². The fraction of sp³-hybridized carbons (Fsp3) is 0.283. The van der Waals surface area contributed by atoms with Gasteiger partial charge in [0.15, 0.2) is 0 Å². The third-order valence-corrected chi connectivity index (χ3v) is 10.5. The Hall–Kier alpha value is -6.62. The van der Waals surface area contributed by atoms with Crippen LogP contribution < -0.4 is 4.74 Å². The zero-order valence-corrected chi connectivity index (χ0v) is 38.0. The minimum absolute atomic E-state index is 0.149. The van der Waals surface area contributed by atoms with Gasteiger partial charge in [-0.25, -0.2) is 9.69 Å². The highest BCUT2D eigenvalue weighted by molar-refractivity contribution is 6.62. The first-order valence-corrected chi connectivity index (χ1v) is 20.5. The van der Waals surface area contributed by atoms with E-state index in [-0.39, 0.29) is 16.9 Å². The lowest BCUT2D eigenvalue weighted by Crippen LogP contribution is -2.24. The van der Waals surface area contributed by atoms with Gasteiger partial charge in [0.1, 0.15) is 17.6 Å². The largest absolute Gasteiger partial charge is 0.508 e. The Balaban J connectivity index is 0.000000263. The molecule has 0 fully saturated rings. The molecule has 2 N–H and O–H groups in total. The second kappa shape index (κ2) is 23.2. The van der Waals surface area contributed by atoms with Gasteiger partial charge in [-0.15, -0.1) is 20.4 Å². The van der Waals surface area contributed by atoms with Crippen molar-refractivity contribution >= 4 is 63.4 Å². The number of carbonyl (C=O) groups is 3. The predicted molar refractivity (Wildman–Crippen MR) is 240 cm³/mol. The molecule has 0 saturated carbocycles. The van der Waals surface area contributed by atoms with Gasteiger partial charge in [0, 0.05) is 31.9 Å². The molecule has 0 bridgehead atoms. The van der Waals surface area contributed by atoms with E-state index in [0.717, 1.165) is 22.3 Å². The Labute approximate surface area is 384 Å². The second-order valence-corrected chi connectivity index (χ2v) is 15.6. The molecular formula is C46H43Cl3N6O9. The summed E-state index contributed by atoms with van der Waals surface area (Å²) in [6, 6.07) is 20.1. The summed E-state index contributed by atoms with van der Waals surface area (Å²) in [7, 11) is 0. The van der Waals surface area contributed by atoms with E-state index in [0.29, 0.717) is 68.8 Å². The number of phenolic OH excluding ortho intramolecular Hbond substituents is 1. The average molecular weight is 930 g/mol. The molecule has 6 rings (SSSR count). The normalized spacial score (nSPS) is 12.4. The van der Waals surface area contributed by atoms with Gasteiger partial charge in [0.05, 0.1) is 41.1 Å². The van der Waals surface area contributed by atoms with Crippen molar-refractivity contribution in [1.82, 2.24) is 20.4 Å². The maximum Gasteiger partial charge on any atom is 0.308 e. The fourth-order valence-electron chi connectivity index (χ4n) is 6.21. The SMILES string of the molecule is CC(=O)Cl.[C-]#[N+]c1ccc(C[C@@H](c2nnc(-c3ccc(O)cc3)o2)[C@H](C)O)c(C)c1Cl.[C-]#[N+]c1ccc(C[C@@H](c2nnc(-c3ccc(OC(C)=O)cc3)o2)[C@H](C)OC(C)=O)c(C)c1Cl. The molecule has 64 heavy (non-hydrogen) atoms. The van der Waals surface area contributed by atoms with Crippen LogP contribution in [0.4, 0.5) is 11.4 Å². The highest BCUT2D eigenvalue weighted by atomic mass is 35.5. The van der Waals surface area contributed by atoms with E-state index in [2.05, 4.69) is 41.7 Å². The van der Waals surface area contributed by atoms with Crippen LogP contribution in [-0.2, 0) is 32.0 Å². The number of rotatable bonds is 12. The van der Waals surface area contributed by atoms with E-state index in [4.69, 9.17) is 54.7 Å². The number of ether oxygens (including phenoxy) is 2. The highest BCUT2D eigenvalue weighted by Crippen LogP contribution is 2.36. The van der Waals surface area contributed by atoms with Gasteiger partial charge in [0.2, 0.25) is 40.2 Å². The predicted octanol–water partition coefficient (Wildman–Crippen LogP) is 10.9. The van der Waals surface area contributed by atoms with E-state index in [9.17, 15) is 24.6 Å². The number of hydrogen-bond donors (Lipinski definition) is 2. The van der Waals surface area contributed by atoms with Gasteiger partial charge in [-0.2, -0.15) is 0 Å². The molecule has 0 saturated heterocycles. The van der Waals surface area contributed by atoms with Crippen LogP contribution in [-0.4, -0.2) is 60.0 Å². The molecule has 4 atom stereocenters. The van der Waals surface area contributed by atoms with Crippen LogP contribution in [0, 0.1) is 27.0 Å². The average Bonchev–Trinajstić information content (AvgIpc) is 3.93. The lowest BCUT2D eigenvalue weighted by atomic mass is 9.92. The van der Waals surface area contributed by atoms with Gasteiger partial charge >= 0.3 is 11.9 Å². The molecule has 0 radical (unpaired) electrons. The molecule has 0 unspecified atom stereocenters. The molecule has 0 spiro atoms. The number of benzene rings is 4. The van der Waals surface area contributed by atoms with E-state index < -0.39 is 36.0 Å². The Morgan fingerprint density at radius 2 is 1.11 bits per heavy atom. The number of aliphatic hydroxyl groups is 1. The van der Waals surface area contributed by atoms with Crippen LogP contribution in [0.5, 0.6) is 11.5 Å². The summed E-state index contributed by atoms with van der Waals surface area (Å²) >= 11 is 17.2. The van der Waals surface area contributed by atoms with E-state index in [1.165, 1.54) is 32.9 Å². The Kier molecular flexibility index (Phi) is 18.1. The third-order valence-electron chi connectivity index (χ3n) is 9.57. The number of halogens is 3. The molecule has 0 aliphatic rings. The number of esters is 2. The summed E-state index contributed by atoms with van der Waals surface area (Å²) in [5.74, 6) is 0.0622. The minimum Gasteiger partial charge on any atom is -0.508 e. The van der Waals surface area contributed by atoms with Crippen LogP contribution in [0.15, 0.2) is 81.6 Å². The zero-order valence-electron chi connectivity index (χ0n) is 35.7.